The summed E-state index contributed by atoms with van der Waals surface area (Å²) < 4.78 is 5.75. The first-order valence-corrected chi connectivity index (χ1v) is 8.38. The summed E-state index contributed by atoms with van der Waals surface area (Å²) in [4.78, 5) is 16.4. The Morgan fingerprint density at radius 3 is 2.67 bits per heavy atom. The van der Waals surface area contributed by atoms with Crippen LogP contribution < -0.4 is 10.6 Å². The van der Waals surface area contributed by atoms with Gasteiger partial charge in [0.1, 0.15) is 6.04 Å². The first-order chi connectivity index (χ1) is 11.6. The number of nitrogens with zero attached hydrogens (tertiary/aromatic N) is 1. The summed E-state index contributed by atoms with van der Waals surface area (Å²) in [6, 6.07) is 9.28. The van der Waals surface area contributed by atoms with Crippen molar-refractivity contribution in [1.82, 2.24) is 15.6 Å². The maximum absolute atomic E-state index is 12.1. The Morgan fingerprint density at radius 2 is 1.96 bits per heavy atom. The van der Waals surface area contributed by atoms with Crippen LogP contribution in [0.4, 0.5) is 4.79 Å². The van der Waals surface area contributed by atoms with Gasteiger partial charge in [-0.05, 0) is 32.6 Å². The van der Waals surface area contributed by atoms with E-state index in [0.717, 1.165) is 31.2 Å². The van der Waals surface area contributed by atoms with E-state index in [9.17, 15) is 9.90 Å². The topological polar surface area (TPSA) is 87.4 Å². The van der Waals surface area contributed by atoms with Crippen LogP contribution in [0.25, 0.3) is 11.3 Å². The van der Waals surface area contributed by atoms with Crippen LogP contribution in [0.2, 0.25) is 0 Å². The first kappa shape index (κ1) is 16.5. The van der Waals surface area contributed by atoms with Gasteiger partial charge < -0.3 is 20.2 Å². The van der Waals surface area contributed by atoms with Crippen LogP contribution in [0.15, 0.2) is 40.9 Å². The molecule has 6 heteroatoms. The van der Waals surface area contributed by atoms with E-state index in [1.165, 1.54) is 0 Å². The monoisotopic (exact) mass is 329 g/mol. The molecule has 1 aliphatic rings. The number of aliphatic hydroxyl groups excluding tert-OH is 1. The molecule has 1 unspecified atom stereocenters. The molecule has 1 aromatic heterocycles. The highest BCUT2D eigenvalue weighted by Gasteiger charge is 2.22. The van der Waals surface area contributed by atoms with Gasteiger partial charge in [-0.1, -0.05) is 30.3 Å². The average Bonchev–Trinajstić information content (AvgIpc) is 3.08. The van der Waals surface area contributed by atoms with Crippen LogP contribution in [0.5, 0.6) is 0 Å². The molecule has 2 aromatic rings. The number of amides is 2. The van der Waals surface area contributed by atoms with E-state index in [1.807, 2.05) is 37.3 Å². The Labute approximate surface area is 141 Å². The number of hydrogen-bond acceptors (Lipinski definition) is 4. The standard InChI is InChI=1S/C18H23N3O3/c1-12(20-18(23)21-14-7-9-15(22)10-8-14)17-19-11-16(24-17)13-5-3-2-4-6-13/h2-6,11-12,14-15,22H,7-10H2,1H3,(H2,20,21,23). The van der Waals surface area contributed by atoms with Crippen LogP contribution in [-0.4, -0.2) is 28.3 Å². The third kappa shape index (κ3) is 4.14. The second-order valence-electron chi connectivity index (χ2n) is 6.27. The van der Waals surface area contributed by atoms with Gasteiger partial charge in [-0.15, -0.1) is 0 Å². The smallest absolute Gasteiger partial charge is 0.315 e. The molecule has 1 heterocycles. The minimum atomic E-state index is -0.323. The Hall–Kier alpha value is -2.34. The first-order valence-electron chi connectivity index (χ1n) is 8.38. The number of rotatable bonds is 4. The van der Waals surface area contributed by atoms with Crippen molar-refractivity contribution in [2.75, 3.05) is 0 Å². The van der Waals surface area contributed by atoms with Crippen molar-refractivity contribution in [3.63, 3.8) is 0 Å². The van der Waals surface area contributed by atoms with Gasteiger partial charge in [0.15, 0.2) is 5.76 Å². The Kier molecular flexibility index (Phi) is 5.15. The summed E-state index contributed by atoms with van der Waals surface area (Å²) in [5.74, 6) is 1.16. The van der Waals surface area contributed by atoms with Gasteiger partial charge in [0.05, 0.1) is 12.3 Å². The maximum atomic E-state index is 12.1. The number of carbonyl (C=O) groups is 1. The van der Waals surface area contributed by atoms with E-state index in [1.54, 1.807) is 6.20 Å². The number of urea groups is 1. The molecule has 128 valence electrons. The van der Waals surface area contributed by atoms with Crippen molar-refractivity contribution in [3.05, 3.63) is 42.4 Å². The maximum Gasteiger partial charge on any atom is 0.315 e. The van der Waals surface area contributed by atoms with Crippen LogP contribution in [0.1, 0.15) is 44.5 Å². The molecule has 1 atom stereocenters. The number of benzene rings is 1. The van der Waals surface area contributed by atoms with E-state index in [4.69, 9.17) is 4.42 Å². The minimum Gasteiger partial charge on any atom is -0.438 e. The highest BCUT2D eigenvalue weighted by Crippen LogP contribution is 2.23. The SMILES string of the molecule is CC(NC(=O)NC1CCC(O)CC1)c1ncc(-c2ccccc2)o1. The summed E-state index contributed by atoms with van der Waals surface area (Å²) in [7, 11) is 0. The van der Waals surface area contributed by atoms with E-state index in [2.05, 4.69) is 15.6 Å². The second-order valence-corrected chi connectivity index (χ2v) is 6.27. The van der Waals surface area contributed by atoms with Gasteiger partial charge in [0.2, 0.25) is 5.89 Å². The summed E-state index contributed by atoms with van der Waals surface area (Å²) in [5.41, 5.74) is 0.952. The van der Waals surface area contributed by atoms with E-state index < -0.39 is 0 Å². The van der Waals surface area contributed by atoms with Gasteiger partial charge in [-0.3, -0.25) is 0 Å². The highest BCUT2D eigenvalue weighted by atomic mass is 16.4. The molecule has 1 aromatic carbocycles. The lowest BCUT2D eigenvalue weighted by Crippen LogP contribution is -2.44. The van der Waals surface area contributed by atoms with Gasteiger partial charge in [0.25, 0.3) is 0 Å². The molecular formula is C18H23N3O3. The molecule has 6 nitrogen and oxygen atoms in total. The van der Waals surface area contributed by atoms with E-state index in [0.29, 0.717) is 11.7 Å². The minimum absolute atomic E-state index is 0.116. The number of carbonyl (C=O) groups excluding carboxylic acids is 1. The van der Waals surface area contributed by atoms with Crippen LogP contribution in [0.3, 0.4) is 0 Å². The number of hydrogen-bond donors (Lipinski definition) is 3. The molecule has 3 N–H and O–H groups in total. The second kappa shape index (κ2) is 7.49. The molecule has 24 heavy (non-hydrogen) atoms. The average molecular weight is 329 g/mol. The molecule has 0 bridgehead atoms. The van der Waals surface area contributed by atoms with Gasteiger partial charge in [0, 0.05) is 11.6 Å². The molecule has 0 spiro atoms. The molecule has 0 radical (unpaired) electrons. The predicted molar refractivity (Wildman–Crippen MR) is 90.3 cm³/mol. The van der Waals surface area contributed by atoms with Crippen LogP contribution in [-0.2, 0) is 0 Å². The zero-order chi connectivity index (χ0) is 16.9. The van der Waals surface area contributed by atoms with Crippen molar-refractivity contribution in [2.45, 2.75) is 50.8 Å². The summed E-state index contributed by atoms with van der Waals surface area (Å²) >= 11 is 0. The normalized spacial score (nSPS) is 21.9. The molecule has 2 amide bonds. The zero-order valence-corrected chi connectivity index (χ0v) is 13.7. The lowest BCUT2D eigenvalue weighted by Gasteiger charge is -2.26. The summed E-state index contributed by atoms with van der Waals surface area (Å²) in [6.45, 7) is 1.84. The van der Waals surface area contributed by atoms with Crippen molar-refractivity contribution in [2.24, 2.45) is 0 Å². The molecule has 0 saturated heterocycles. The predicted octanol–water partition coefficient (Wildman–Crippen LogP) is 3.01. The van der Waals surface area contributed by atoms with Gasteiger partial charge in [-0.25, -0.2) is 9.78 Å². The largest absolute Gasteiger partial charge is 0.438 e. The number of aromatic nitrogens is 1. The Bertz CT molecular complexity index is 663. The zero-order valence-electron chi connectivity index (χ0n) is 13.7. The fourth-order valence-electron chi connectivity index (χ4n) is 2.93. The summed E-state index contributed by atoms with van der Waals surface area (Å²) in [5, 5.41) is 15.3. The molecule has 1 aliphatic carbocycles. The van der Waals surface area contributed by atoms with Crippen LogP contribution in [0, 0.1) is 0 Å². The van der Waals surface area contributed by atoms with Crippen LogP contribution >= 0.6 is 0 Å². The van der Waals surface area contributed by atoms with Crippen molar-refractivity contribution < 1.29 is 14.3 Å². The molecule has 0 aliphatic heterocycles. The Morgan fingerprint density at radius 1 is 1.25 bits per heavy atom. The van der Waals surface area contributed by atoms with Crippen molar-refractivity contribution in [1.29, 1.82) is 0 Å². The van der Waals surface area contributed by atoms with Gasteiger partial charge in [-0.2, -0.15) is 0 Å². The van der Waals surface area contributed by atoms with Crippen molar-refractivity contribution >= 4 is 6.03 Å². The third-order valence-corrected chi connectivity index (χ3v) is 4.33. The van der Waals surface area contributed by atoms with E-state index in [-0.39, 0.29) is 24.2 Å². The lowest BCUT2D eigenvalue weighted by atomic mass is 9.93. The highest BCUT2D eigenvalue weighted by molar-refractivity contribution is 5.74. The number of oxazole rings is 1. The molecule has 3 rings (SSSR count). The number of aliphatic hydroxyl groups is 1. The fourth-order valence-corrected chi connectivity index (χ4v) is 2.93. The lowest BCUT2D eigenvalue weighted by molar-refractivity contribution is 0.117. The Balaban J connectivity index is 1.54. The molecule has 1 saturated carbocycles. The quantitative estimate of drug-likeness (QED) is 0.804. The molecular weight excluding hydrogens is 306 g/mol. The fraction of sp³-hybridized carbons (Fsp3) is 0.444. The van der Waals surface area contributed by atoms with Gasteiger partial charge >= 0.3 is 6.03 Å². The van der Waals surface area contributed by atoms with Crippen molar-refractivity contribution in [3.8, 4) is 11.3 Å². The third-order valence-electron chi connectivity index (χ3n) is 4.33. The molecule has 1 fully saturated rings. The van der Waals surface area contributed by atoms with E-state index >= 15 is 0 Å². The number of nitrogens with one attached hydrogen (secondary N) is 2. The summed E-state index contributed by atoms with van der Waals surface area (Å²) in [6.07, 6.45) is 4.53.